The molecule has 8 heterocycles. The molecule has 4 aliphatic rings. The Balaban J connectivity index is 0.000000109. The van der Waals surface area contributed by atoms with Gasteiger partial charge in [0.05, 0.1) is 66.9 Å². The van der Waals surface area contributed by atoms with Crippen LogP contribution in [0, 0.1) is 6.92 Å². The molecule has 15 aromatic carbocycles. The third-order valence-electron chi connectivity index (χ3n) is 24.9. The second kappa shape index (κ2) is 26.2. The lowest BCUT2D eigenvalue weighted by molar-refractivity contribution is 0.625. The highest BCUT2D eigenvalue weighted by Crippen LogP contribution is 2.53. The third-order valence-corrected chi connectivity index (χ3v) is 24.9. The number of nitrogens with zero attached hydrogens (tertiary/aromatic N) is 8. The molecule has 8 heteroatoms. The molecule has 0 spiro atoms. The van der Waals surface area contributed by atoms with E-state index >= 15 is 0 Å². The Morgan fingerprint density at radius 2 is 0.549 bits per heavy atom. The molecule has 0 saturated carbocycles. The van der Waals surface area contributed by atoms with Crippen LogP contribution in [-0.2, 0) is 28.1 Å². The second-order valence-electron chi connectivity index (χ2n) is 32.7. The Morgan fingerprint density at radius 3 is 1.00 bits per heavy atom. The number of aryl methyl sites for hydroxylation is 2. The van der Waals surface area contributed by atoms with Crippen molar-refractivity contribution < 1.29 is 0 Å². The molecular weight excluding hydrogens is 1370 g/mol. The topological polar surface area (TPSA) is 71.3 Å². The molecule has 113 heavy (non-hydrogen) atoms. The zero-order chi connectivity index (χ0) is 76.8. The summed E-state index contributed by atoms with van der Waals surface area (Å²) in [7, 11) is 0. The molecule has 0 bridgehead atoms. The SMILES string of the molecule is CC1(C)c2ccccc2-n2c(-c3ccccc3)nc3cc(-c4c5ccccc5c(-c5ccc(-c6ccccc6)cc5)c5ccccc45)cc1c32.CC1(C)c2ccccc2-n2c(-c3ccccc3)nc3cccc1c32.CCc1nc2cccc3c2n1-c1ccccc1C3(C)C.Cc1nc2cccc3c2n1-c1ccccc1C3(C)C. The fraction of sp³-hybridized carbons (Fsp3) is 0.143. The highest BCUT2D eigenvalue weighted by Gasteiger charge is 2.40. The number of fused-ring (bicyclic) bond motifs is 10. The number of rotatable bonds is 6. The molecule has 0 saturated heterocycles. The number of para-hydroxylation sites is 7. The van der Waals surface area contributed by atoms with Crippen LogP contribution in [-0.4, -0.2) is 38.2 Å². The lowest BCUT2D eigenvalue weighted by Crippen LogP contribution is -2.26. The average Bonchev–Trinajstić information content (AvgIpc) is 1.64. The summed E-state index contributed by atoms with van der Waals surface area (Å²) in [5.74, 6) is 4.20. The number of benzene rings is 15. The van der Waals surface area contributed by atoms with Gasteiger partial charge in [0.2, 0.25) is 0 Å². The fourth-order valence-corrected chi connectivity index (χ4v) is 19.3. The summed E-state index contributed by atoms with van der Waals surface area (Å²) in [5, 5.41) is 5.00. The highest BCUT2D eigenvalue weighted by atomic mass is 15.1. The summed E-state index contributed by atoms with van der Waals surface area (Å²) in [6.45, 7) is 22.8. The molecule has 0 aliphatic carbocycles. The van der Waals surface area contributed by atoms with Gasteiger partial charge in [-0.1, -0.05) is 335 Å². The predicted molar refractivity (Wildman–Crippen MR) is 469 cm³/mol. The molecule has 4 aliphatic heterocycles. The molecule has 0 unspecified atom stereocenters. The molecule has 23 rings (SSSR count). The zero-order valence-corrected chi connectivity index (χ0v) is 65.5. The van der Waals surface area contributed by atoms with Gasteiger partial charge in [-0.15, -0.1) is 0 Å². The van der Waals surface area contributed by atoms with Crippen LogP contribution in [0.3, 0.4) is 0 Å². The Labute approximate surface area is 659 Å². The Morgan fingerprint density at radius 1 is 0.239 bits per heavy atom. The minimum Gasteiger partial charge on any atom is -0.296 e. The van der Waals surface area contributed by atoms with E-state index in [0.717, 1.165) is 62.9 Å². The molecule has 0 atom stereocenters. The van der Waals surface area contributed by atoms with Crippen LogP contribution in [0.4, 0.5) is 0 Å². The molecule has 546 valence electrons. The van der Waals surface area contributed by atoms with E-state index in [9.17, 15) is 0 Å². The van der Waals surface area contributed by atoms with Gasteiger partial charge in [0, 0.05) is 39.2 Å². The predicted octanol–water partition coefficient (Wildman–Crippen LogP) is 26.2. The molecule has 4 aromatic heterocycles. The summed E-state index contributed by atoms with van der Waals surface area (Å²) in [6, 6.07) is 118. The van der Waals surface area contributed by atoms with Crippen molar-refractivity contribution in [1.29, 1.82) is 0 Å². The first-order chi connectivity index (χ1) is 55.0. The van der Waals surface area contributed by atoms with Crippen molar-refractivity contribution in [2.75, 3.05) is 0 Å². The first kappa shape index (κ1) is 68.9. The van der Waals surface area contributed by atoms with E-state index in [1.165, 1.54) is 144 Å². The van der Waals surface area contributed by atoms with E-state index in [-0.39, 0.29) is 21.7 Å². The summed E-state index contributed by atoms with van der Waals surface area (Å²) in [4.78, 5) is 20.0. The minimum absolute atomic E-state index is 0.0249. The maximum Gasteiger partial charge on any atom is 0.145 e. The van der Waals surface area contributed by atoms with Gasteiger partial charge in [-0.05, 0) is 161 Å². The molecule has 19 aromatic rings. The fourth-order valence-electron chi connectivity index (χ4n) is 19.3. The van der Waals surface area contributed by atoms with Crippen molar-refractivity contribution in [2.24, 2.45) is 0 Å². The van der Waals surface area contributed by atoms with E-state index in [2.05, 4.69) is 409 Å². The maximum absolute atomic E-state index is 5.43. The monoisotopic (exact) mass is 1460 g/mol. The standard InChI is InChI=1S/C48H34N2.C22H18N2.C18H18N2.C17H16N2/c1-48(2)40-23-13-14-24-43(40)50-46-41(48)29-35(30-42(46)49-47(50)34-17-7-4-8-18-34)45-38-21-11-9-19-36(38)44(37-20-10-12-22-39(37)45)33-27-25-32(26-28-33)31-15-5-3-6-16-31;1-22(2)16-11-6-7-14-19(16)24-20-17(22)12-8-13-18(20)23-21(24)15-9-4-3-5-10-15;1-4-16-19-14-10-7-9-13-17(14)20(16)15-11-6-5-8-12(15)18(13,2)3;1-11-18-14-9-6-8-13-16(14)19(11)15-10-5-4-7-12(15)17(13,2)3/h3-30H,1-2H3;3-14H,1-2H3;5-11H,4H2,1-3H3;4-10H,1-3H3. The van der Waals surface area contributed by atoms with Crippen molar-refractivity contribution >= 4 is 65.7 Å². The van der Waals surface area contributed by atoms with Crippen LogP contribution in [0.5, 0.6) is 0 Å². The van der Waals surface area contributed by atoms with E-state index < -0.39 is 0 Å². The van der Waals surface area contributed by atoms with E-state index in [0.29, 0.717) is 0 Å². The minimum atomic E-state index is -0.221. The van der Waals surface area contributed by atoms with Gasteiger partial charge in [-0.25, -0.2) is 19.9 Å². The number of hydrogen-bond donors (Lipinski definition) is 0. The molecule has 0 radical (unpaired) electrons. The molecular formula is C105H86N8. The Bertz CT molecular complexity index is 6960. The normalized spacial score (nSPS) is 14.2. The Hall–Kier alpha value is -13.3. The molecule has 0 N–H and O–H groups in total. The van der Waals surface area contributed by atoms with Crippen molar-refractivity contribution in [1.82, 2.24) is 38.2 Å². The van der Waals surface area contributed by atoms with E-state index in [1.807, 2.05) is 6.07 Å². The van der Waals surface area contributed by atoms with Crippen LogP contribution in [0.2, 0.25) is 0 Å². The van der Waals surface area contributed by atoms with Crippen molar-refractivity contribution in [2.45, 2.75) is 97.3 Å². The zero-order valence-electron chi connectivity index (χ0n) is 65.5. The van der Waals surface area contributed by atoms with Gasteiger partial charge in [0.15, 0.2) is 0 Å². The van der Waals surface area contributed by atoms with Gasteiger partial charge < -0.3 is 0 Å². The van der Waals surface area contributed by atoms with Crippen molar-refractivity contribution in [3.63, 3.8) is 0 Å². The quantitative estimate of drug-likeness (QED) is 0.156. The Kier molecular flexibility index (Phi) is 16.0. The molecule has 8 nitrogen and oxygen atoms in total. The highest BCUT2D eigenvalue weighted by molar-refractivity contribution is 6.22. The van der Waals surface area contributed by atoms with Crippen LogP contribution >= 0.6 is 0 Å². The lowest BCUT2D eigenvalue weighted by Gasteiger charge is -2.35. The van der Waals surface area contributed by atoms with Gasteiger partial charge in [-0.3, -0.25) is 18.3 Å². The summed E-state index contributed by atoms with van der Waals surface area (Å²) in [6.07, 6.45) is 0.947. The number of aromatic nitrogens is 8. The van der Waals surface area contributed by atoms with Gasteiger partial charge in [-0.2, -0.15) is 0 Å². The first-order valence-electron chi connectivity index (χ1n) is 39.7. The smallest absolute Gasteiger partial charge is 0.145 e. The largest absolute Gasteiger partial charge is 0.296 e. The van der Waals surface area contributed by atoms with Crippen LogP contribution in [0.1, 0.15) is 118 Å². The van der Waals surface area contributed by atoms with Crippen LogP contribution in [0.25, 0.3) is 145 Å². The second-order valence-corrected chi connectivity index (χ2v) is 32.7. The summed E-state index contributed by atoms with van der Waals surface area (Å²) >= 11 is 0. The lowest BCUT2D eigenvalue weighted by atomic mass is 9.73. The van der Waals surface area contributed by atoms with Crippen LogP contribution < -0.4 is 0 Å². The van der Waals surface area contributed by atoms with Gasteiger partial charge in [0.25, 0.3) is 0 Å². The third kappa shape index (κ3) is 10.6. The summed E-state index contributed by atoms with van der Waals surface area (Å²) in [5.41, 5.74) is 34.5. The van der Waals surface area contributed by atoms with E-state index in [4.69, 9.17) is 19.9 Å². The molecule has 0 amide bonds. The van der Waals surface area contributed by atoms with Crippen LogP contribution in [0.15, 0.2) is 328 Å². The van der Waals surface area contributed by atoms with Gasteiger partial charge in [0.1, 0.15) is 23.3 Å². The number of hydrogen-bond acceptors (Lipinski definition) is 4. The summed E-state index contributed by atoms with van der Waals surface area (Å²) < 4.78 is 9.37. The molecule has 0 fully saturated rings. The first-order valence-corrected chi connectivity index (χ1v) is 39.7. The van der Waals surface area contributed by atoms with Crippen molar-refractivity contribution in [3.05, 3.63) is 384 Å². The van der Waals surface area contributed by atoms with Gasteiger partial charge >= 0.3 is 0 Å². The maximum atomic E-state index is 5.43. The average molecular weight is 1460 g/mol. The van der Waals surface area contributed by atoms with E-state index in [1.54, 1.807) is 0 Å². The van der Waals surface area contributed by atoms with Crippen molar-refractivity contribution in [3.8, 4) is 78.9 Å². The number of imidazole rings is 4.